The van der Waals surface area contributed by atoms with E-state index in [4.69, 9.17) is 9.47 Å². The molecule has 6 heteroatoms. The zero-order chi connectivity index (χ0) is 22.7. The van der Waals surface area contributed by atoms with Crippen molar-refractivity contribution in [1.82, 2.24) is 0 Å². The van der Waals surface area contributed by atoms with Crippen LogP contribution in [-0.4, -0.2) is 30.4 Å². The number of ether oxygens (including phenoxy) is 2. The first-order chi connectivity index (χ1) is 14.2. The molecule has 0 fully saturated rings. The third-order valence-corrected chi connectivity index (χ3v) is 5.31. The van der Waals surface area contributed by atoms with Crippen LogP contribution in [0.4, 0.5) is 0 Å². The van der Waals surface area contributed by atoms with Crippen LogP contribution in [0.25, 0.3) is 0 Å². The van der Waals surface area contributed by atoms with Gasteiger partial charge < -0.3 is 19.5 Å². The Labute approximate surface area is 189 Å². The van der Waals surface area contributed by atoms with E-state index in [0.29, 0.717) is 24.4 Å². The second kappa shape index (κ2) is 13.3. The maximum absolute atomic E-state index is 9.18. The Balaban J connectivity index is 0.000000303. The summed E-state index contributed by atoms with van der Waals surface area (Å²) in [7, 11) is -1.46. The molecule has 0 saturated heterocycles. The fraction of sp³-hybridized carbons (Fsp3) is 0.333. The first kappa shape index (κ1) is 26.0. The molecule has 0 radical (unpaired) electrons. The molecule has 0 bridgehead atoms. The van der Waals surface area contributed by atoms with E-state index in [2.05, 4.69) is 49.0 Å². The van der Waals surface area contributed by atoms with Crippen molar-refractivity contribution in [2.45, 2.75) is 40.5 Å². The van der Waals surface area contributed by atoms with Gasteiger partial charge in [-0.1, -0.05) is 45.8 Å². The molecule has 0 heterocycles. The van der Waals surface area contributed by atoms with E-state index in [9.17, 15) is 10.0 Å². The van der Waals surface area contributed by atoms with E-state index in [1.807, 2.05) is 32.1 Å². The van der Waals surface area contributed by atoms with Gasteiger partial charge in [0.1, 0.15) is 11.5 Å². The second-order valence-electron chi connectivity index (χ2n) is 7.07. The van der Waals surface area contributed by atoms with Gasteiger partial charge in [0.05, 0.1) is 13.2 Å². The van der Waals surface area contributed by atoms with Crippen LogP contribution in [0, 0.1) is 27.7 Å². The summed E-state index contributed by atoms with van der Waals surface area (Å²) < 4.78 is 12.2. The van der Waals surface area contributed by atoms with Gasteiger partial charge in [-0.05, 0) is 74.8 Å². The Hall–Kier alpha value is -2.02. The van der Waals surface area contributed by atoms with Gasteiger partial charge in [-0.15, -0.1) is 13.2 Å². The van der Waals surface area contributed by atoms with Gasteiger partial charge in [-0.3, -0.25) is 0 Å². The predicted octanol–water partition coefficient (Wildman–Crippen LogP) is 4.96. The highest BCUT2D eigenvalue weighted by Crippen LogP contribution is 2.26. The van der Waals surface area contributed by atoms with Crippen LogP contribution in [0.1, 0.15) is 35.1 Å². The number of halogens is 1. The Kier molecular flexibility index (Phi) is 11.6. The topological polar surface area (TPSA) is 58.9 Å². The van der Waals surface area contributed by atoms with Crippen molar-refractivity contribution in [3.63, 3.8) is 0 Å². The number of hydrogen-bond donors (Lipinski definition) is 2. The Morgan fingerprint density at radius 1 is 0.800 bits per heavy atom. The Morgan fingerprint density at radius 3 is 1.73 bits per heavy atom. The van der Waals surface area contributed by atoms with Gasteiger partial charge in [0.2, 0.25) is 0 Å². The van der Waals surface area contributed by atoms with Crippen molar-refractivity contribution < 1.29 is 19.5 Å². The summed E-state index contributed by atoms with van der Waals surface area (Å²) in [6.45, 7) is 16.4. The smallest absolute Gasteiger partial charge is 0.488 e. The zero-order valence-corrected chi connectivity index (χ0v) is 20.0. The molecule has 0 aliphatic rings. The van der Waals surface area contributed by atoms with Crippen molar-refractivity contribution in [3.05, 3.63) is 76.3 Å². The monoisotopic (exact) mass is 474 g/mol. The van der Waals surface area contributed by atoms with E-state index in [1.165, 1.54) is 11.1 Å². The summed E-state index contributed by atoms with van der Waals surface area (Å²) in [5, 5.41) is 18.4. The minimum absolute atomic E-state index is 0.485. The number of hydrogen-bond acceptors (Lipinski definition) is 4. The summed E-state index contributed by atoms with van der Waals surface area (Å²) in [5.74, 6) is 1.64. The van der Waals surface area contributed by atoms with Crippen LogP contribution in [0.15, 0.2) is 54.0 Å². The summed E-state index contributed by atoms with van der Waals surface area (Å²) in [4.78, 5) is 0. The fourth-order valence-corrected chi connectivity index (χ4v) is 3.07. The number of benzene rings is 2. The summed E-state index contributed by atoms with van der Waals surface area (Å²) in [6, 6.07) is 7.71. The molecule has 2 rings (SSSR count). The summed E-state index contributed by atoms with van der Waals surface area (Å²) in [6.07, 6.45) is 5.29. The lowest BCUT2D eigenvalue weighted by Gasteiger charge is -2.12. The van der Waals surface area contributed by atoms with Crippen molar-refractivity contribution in [3.8, 4) is 11.5 Å². The molecular weight excluding hydrogens is 443 g/mol. The molecule has 0 amide bonds. The van der Waals surface area contributed by atoms with Gasteiger partial charge in [-0.25, -0.2) is 0 Å². The lowest BCUT2D eigenvalue weighted by molar-refractivity contribution is 0.322. The summed E-state index contributed by atoms with van der Waals surface area (Å²) >= 11 is 3.49. The predicted molar refractivity (Wildman–Crippen MR) is 130 cm³/mol. The lowest BCUT2D eigenvalue weighted by Crippen LogP contribution is -2.32. The molecule has 0 unspecified atom stereocenters. The van der Waals surface area contributed by atoms with Crippen molar-refractivity contribution >= 4 is 28.5 Å². The van der Waals surface area contributed by atoms with Crippen molar-refractivity contribution in [1.29, 1.82) is 0 Å². The maximum Gasteiger partial charge on any atom is 0.488 e. The third-order valence-electron chi connectivity index (χ3n) is 4.46. The molecule has 0 aliphatic carbocycles. The molecular formula is C24H32BBrO4. The zero-order valence-electron chi connectivity index (χ0n) is 18.4. The quantitative estimate of drug-likeness (QED) is 0.306. The van der Waals surface area contributed by atoms with E-state index < -0.39 is 7.12 Å². The van der Waals surface area contributed by atoms with Crippen LogP contribution in [-0.2, 0) is 0 Å². The van der Waals surface area contributed by atoms with Gasteiger partial charge in [0.15, 0.2) is 0 Å². The molecule has 4 nitrogen and oxygen atoms in total. The lowest BCUT2D eigenvalue weighted by atomic mass is 9.76. The maximum atomic E-state index is 9.18. The number of aryl methyl sites for hydroxylation is 4. The molecule has 30 heavy (non-hydrogen) atoms. The normalized spacial score (nSPS) is 9.97. The number of rotatable bonds is 9. The minimum atomic E-state index is -1.46. The van der Waals surface area contributed by atoms with Crippen LogP contribution >= 0.6 is 15.9 Å². The van der Waals surface area contributed by atoms with Gasteiger partial charge in [0, 0.05) is 4.47 Å². The average molecular weight is 475 g/mol. The molecule has 162 valence electrons. The fourth-order valence-electron chi connectivity index (χ4n) is 2.75. The van der Waals surface area contributed by atoms with Crippen LogP contribution < -0.4 is 14.9 Å². The molecule has 0 aromatic heterocycles. The van der Waals surface area contributed by atoms with Crippen molar-refractivity contribution in [2.24, 2.45) is 0 Å². The summed E-state index contributed by atoms with van der Waals surface area (Å²) in [5.41, 5.74) is 4.74. The standard InChI is InChI=1S/C12H17BO3.C12H15BrO/c1-4-5-6-16-12-8-11(13(14)15)9(2)7-10(12)3;1-4-5-6-14-12-8-11(13)9(2)7-10(12)3/h4,7-8,14-15H,1,5-6H2,2-3H3;4,7-8H,1,5-6H2,2-3H3. The van der Waals surface area contributed by atoms with E-state index in [0.717, 1.165) is 34.2 Å². The molecule has 2 aromatic rings. The van der Waals surface area contributed by atoms with Gasteiger partial charge in [0.25, 0.3) is 0 Å². The second-order valence-corrected chi connectivity index (χ2v) is 7.92. The van der Waals surface area contributed by atoms with Crippen LogP contribution in [0.2, 0.25) is 0 Å². The first-order valence-electron chi connectivity index (χ1n) is 9.92. The average Bonchev–Trinajstić information content (AvgIpc) is 2.68. The van der Waals surface area contributed by atoms with E-state index in [1.54, 1.807) is 12.1 Å². The minimum Gasteiger partial charge on any atom is -0.493 e. The highest BCUT2D eigenvalue weighted by molar-refractivity contribution is 9.10. The van der Waals surface area contributed by atoms with Crippen LogP contribution in [0.3, 0.4) is 0 Å². The Bertz CT molecular complexity index is 850. The van der Waals surface area contributed by atoms with E-state index >= 15 is 0 Å². The molecule has 2 N–H and O–H groups in total. The first-order valence-corrected chi connectivity index (χ1v) is 10.7. The van der Waals surface area contributed by atoms with E-state index in [-0.39, 0.29) is 0 Å². The Morgan fingerprint density at radius 2 is 1.27 bits per heavy atom. The SMILES string of the molecule is C=CCCOc1cc(B(O)O)c(C)cc1C.C=CCCOc1cc(Br)c(C)cc1C. The largest absolute Gasteiger partial charge is 0.493 e. The molecule has 2 aromatic carbocycles. The molecule has 0 aliphatic heterocycles. The highest BCUT2D eigenvalue weighted by atomic mass is 79.9. The molecule has 0 spiro atoms. The highest BCUT2D eigenvalue weighted by Gasteiger charge is 2.16. The van der Waals surface area contributed by atoms with Crippen molar-refractivity contribution in [2.75, 3.05) is 13.2 Å². The van der Waals surface area contributed by atoms with Gasteiger partial charge >= 0.3 is 7.12 Å². The van der Waals surface area contributed by atoms with Gasteiger partial charge in [-0.2, -0.15) is 0 Å². The molecule has 0 saturated carbocycles. The molecule has 0 atom stereocenters. The van der Waals surface area contributed by atoms with Crippen LogP contribution in [0.5, 0.6) is 11.5 Å². The third kappa shape index (κ3) is 8.38.